The summed E-state index contributed by atoms with van der Waals surface area (Å²) >= 11 is 6.40. The second kappa shape index (κ2) is 8.42. The highest BCUT2D eigenvalue weighted by atomic mass is 35.5. The van der Waals surface area contributed by atoms with Gasteiger partial charge in [0.05, 0.1) is 47.1 Å². The van der Waals surface area contributed by atoms with Crippen LogP contribution in [0.1, 0.15) is 48.9 Å². The number of aromatic nitrogens is 9. The third-order valence-electron chi connectivity index (χ3n) is 7.42. The Morgan fingerprint density at radius 2 is 1.97 bits per heavy atom. The molecule has 1 saturated carbocycles. The molecule has 0 saturated heterocycles. The summed E-state index contributed by atoms with van der Waals surface area (Å²) in [6.45, 7) is 2.91. The number of nitrogens with one attached hydrogen (secondary N) is 1. The molecule has 0 radical (unpaired) electrons. The van der Waals surface area contributed by atoms with Gasteiger partial charge in [0.2, 0.25) is 11.9 Å². The summed E-state index contributed by atoms with van der Waals surface area (Å²) in [6.07, 6.45) is 12.9. The second-order valence-electron chi connectivity index (χ2n) is 10.1. The molecule has 7 rings (SSSR count). The zero-order valence-corrected chi connectivity index (χ0v) is 21.0. The number of rotatable bonds is 6. The Balaban J connectivity index is 1.24. The van der Waals surface area contributed by atoms with Crippen LogP contribution in [0.25, 0.3) is 11.5 Å². The topological polar surface area (TPSA) is 121 Å². The molecule has 5 heterocycles. The van der Waals surface area contributed by atoms with Crippen molar-refractivity contribution in [3.8, 4) is 5.82 Å². The lowest BCUT2D eigenvalue weighted by Gasteiger charge is -2.24. The van der Waals surface area contributed by atoms with Crippen molar-refractivity contribution in [1.29, 1.82) is 0 Å². The van der Waals surface area contributed by atoms with Crippen molar-refractivity contribution < 1.29 is 9.18 Å². The summed E-state index contributed by atoms with van der Waals surface area (Å²) in [5.74, 6) is -0.437. The molecular formula is C25H22ClFN10O. The molecule has 11 nitrogen and oxygen atoms in total. The summed E-state index contributed by atoms with van der Waals surface area (Å²) in [6, 6.07) is 2.89. The Morgan fingerprint density at radius 1 is 1.16 bits per heavy atom. The number of carbonyl (C=O) groups excluding carboxylic acids is 1. The number of anilines is 1. The first kappa shape index (κ1) is 23.0. The van der Waals surface area contributed by atoms with Gasteiger partial charge in [0.15, 0.2) is 11.5 Å². The third kappa shape index (κ3) is 3.74. The first-order chi connectivity index (χ1) is 18.4. The number of hydrogen-bond donors (Lipinski definition) is 1. The van der Waals surface area contributed by atoms with E-state index in [-0.39, 0.29) is 10.9 Å². The van der Waals surface area contributed by atoms with Crippen LogP contribution in [0.2, 0.25) is 5.02 Å². The summed E-state index contributed by atoms with van der Waals surface area (Å²) < 4.78 is 17.7. The molecule has 5 aromatic heterocycles. The third-order valence-corrected chi connectivity index (χ3v) is 7.70. The molecule has 5 aromatic rings. The van der Waals surface area contributed by atoms with Crippen molar-refractivity contribution in [3.05, 3.63) is 77.1 Å². The molecule has 2 aliphatic rings. The van der Waals surface area contributed by atoms with Crippen molar-refractivity contribution in [1.82, 2.24) is 44.4 Å². The van der Waals surface area contributed by atoms with E-state index in [1.54, 1.807) is 12.3 Å². The average Bonchev–Trinajstić information content (AvgIpc) is 3.29. The van der Waals surface area contributed by atoms with E-state index in [2.05, 4.69) is 35.7 Å². The highest BCUT2D eigenvalue weighted by Gasteiger charge is 2.48. The maximum Gasteiger partial charge on any atom is 0.235 e. The lowest BCUT2D eigenvalue weighted by atomic mass is 9.80. The molecule has 0 spiro atoms. The molecule has 1 amide bonds. The van der Waals surface area contributed by atoms with E-state index >= 15 is 0 Å². The largest absolute Gasteiger partial charge is 0.324 e. The van der Waals surface area contributed by atoms with Crippen LogP contribution in [0.15, 0.2) is 49.3 Å². The maximum atomic E-state index is 14.2. The molecule has 2 atom stereocenters. The smallest absolute Gasteiger partial charge is 0.235 e. The predicted molar refractivity (Wildman–Crippen MR) is 135 cm³/mol. The Hall–Kier alpha value is -4.19. The SMILES string of the molecule is C[C@@]1(c2cnn(CC3CC3)c2)C[C@H](C(=O)Nc2cnc(-n3nccn3)c(Cl)c2)c2cnc3cc(F)nn3c21. The van der Waals surface area contributed by atoms with Gasteiger partial charge in [-0.2, -0.15) is 19.7 Å². The van der Waals surface area contributed by atoms with E-state index in [1.165, 1.54) is 46.8 Å². The number of halogens is 2. The van der Waals surface area contributed by atoms with Crippen molar-refractivity contribution in [2.45, 2.75) is 44.1 Å². The average molecular weight is 533 g/mol. The Kier molecular flexibility index (Phi) is 5.09. The van der Waals surface area contributed by atoms with E-state index < -0.39 is 17.3 Å². The number of nitrogens with zero attached hydrogens (tertiary/aromatic N) is 9. The van der Waals surface area contributed by atoms with Crippen LogP contribution in [-0.2, 0) is 16.8 Å². The summed E-state index contributed by atoms with van der Waals surface area (Å²) in [7, 11) is 0. The van der Waals surface area contributed by atoms with Crippen LogP contribution in [0.4, 0.5) is 10.1 Å². The first-order valence-electron chi connectivity index (χ1n) is 12.3. The molecule has 0 aromatic carbocycles. The van der Waals surface area contributed by atoms with Crippen molar-refractivity contribution in [2.24, 2.45) is 5.92 Å². The lowest BCUT2D eigenvalue weighted by molar-refractivity contribution is -0.117. The molecule has 0 unspecified atom stereocenters. The number of hydrogen-bond acceptors (Lipinski definition) is 7. The minimum Gasteiger partial charge on any atom is -0.324 e. The first-order valence-corrected chi connectivity index (χ1v) is 12.7. The van der Waals surface area contributed by atoms with Crippen LogP contribution < -0.4 is 5.32 Å². The van der Waals surface area contributed by atoms with Crippen LogP contribution in [0, 0.1) is 11.9 Å². The highest BCUT2D eigenvalue weighted by molar-refractivity contribution is 6.32. The fourth-order valence-electron chi connectivity index (χ4n) is 5.34. The summed E-state index contributed by atoms with van der Waals surface area (Å²) in [5, 5.41) is 20.0. The van der Waals surface area contributed by atoms with Gasteiger partial charge in [-0.25, -0.2) is 14.5 Å². The molecule has 1 N–H and O–H groups in total. The van der Waals surface area contributed by atoms with Crippen molar-refractivity contribution in [3.63, 3.8) is 0 Å². The minimum absolute atomic E-state index is 0.253. The molecule has 192 valence electrons. The maximum absolute atomic E-state index is 14.2. The molecular weight excluding hydrogens is 511 g/mol. The van der Waals surface area contributed by atoms with Crippen LogP contribution >= 0.6 is 11.6 Å². The predicted octanol–water partition coefficient (Wildman–Crippen LogP) is 3.54. The number of carbonyl (C=O) groups is 1. The second-order valence-corrected chi connectivity index (χ2v) is 10.5. The van der Waals surface area contributed by atoms with E-state index in [0.29, 0.717) is 35.1 Å². The van der Waals surface area contributed by atoms with Crippen molar-refractivity contribution >= 4 is 28.8 Å². The van der Waals surface area contributed by atoms with Crippen molar-refractivity contribution in [2.75, 3.05) is 5.32 Å². The molecule has 0 bridgehead atoms. The van der Waals surface area contributed by atoms with Crippen LogP contribution in [-0.4, -0.2) is 50.3 Å². The van der Waals surface area contributed by atoms with Gasteiger partial charge in [0, 0.05) is 41.5 Å². The summed E-state index contributed by atoms with van der Waals surface area (Å²) in [4.78, 5) is 23.7. The van der Waals surface area contributed by atoms with Gasteiger partial charge in [0.1, 0.15) is 0 Å². The van der Waals surface area contributed by atoms with Gasteiger partial charge in [-0.3, -0.25) is 9.48 Å². The van der Waals surface area contributed by atoms with Gasteiger partial charge >= 0.3 is 0 Å². The molecule has 1 fully saturated rings. The quantitative estimate of drug-likeness (QED) is 0.355. The van der Waals surface area contributed by atoms with Gasteiger partial charge in [-0.1, -0.05) is 11.6 Å². The molecule has 13 heteroatoms. The molecule has 0 aliphatic heterocycles. The zero-order valence-electron chi connectivity index (χ0n) is 20.3. The molecule has 2 aliphatic carbocycles. The van der Waals surface area contributed by atoms with Crippen LogP contribution in [0.3, 0.4) is 0 Å². The van der Waals surface area contributed by atoms with Gasteiger partial charge < -0.3 is 5.32 Å². The fourth-order valence-corrected chi connectivity index (χ4v) is 5.59. The number of fused-ring (bicyclic) bond motifs is 3. The minimum atomic E-state index is -0.649. The monoisotopic (exact) mass is 532 g/mol. The van der Waals surface area contributed by atoms with E-state index in [0.717, 1.165) is 17.8 Å². The zero-order chi connectivity index (χ0) is 26.0. The van der Waals surface area contributed by atoms with Gasteiger partial charge in [-0.15, -0.1) is 9.90 Å². The highest BCUT2D eigenvalue weighted by Crippen LogP contribution is 2.50. The Bertz CT molecular complexity index is 1690. The Labute approximate surface area is 220 Å². The Morgan fingerprint density at radius 3 is 2.74 bits per heavy atom. The van der Waals surface area contributed by atoms with E-state index in [4.69, 9.17) is 11.6 Å². The summed E-state index contributed by atoms with van der Waals surface area (Å²) in [5.41, 5.74) is 2.53. The molecule has 38 heavy (non-hydrogen) atoms. The number of amides is 1. The standard InChI is InChI=1S/C25H22ClFN10O/c1-25(15-9-32-35(13-15)12-14-2-3-14)8-17(18-11-28-21-7-20(27)34-36(21)22(18)25)24(38)33-16-6-19(26)23(29-10-16)37-30-4-5-31-37/h4-7,9-11,13-14,17H,2-3,8,12H2,1H3,(H,33,38)/t17-,25-/m0/s1. The fraction of sp³-hybridized carbons (Fsp3) is 0.320. The van der Waals surface area contributed by atoms with E-state index in [1.807, 2.05) is 24.0 Å². The number of pyridine rings is 1. The van der Waals surface area contributed by atoms with E-state index in [9.17, 15) is 9.18 Å². The van der Waals surface area contributed by atoms with Crippen LogP contribution in [0.5, 0.6) is 0 Å². The van der Waals surface area contributed by atoms with Gasteiger partial charge in [0.25, 0.3) is 0 Å². The lowest BCUT2D eigenvalue weighted by Crippen LogP contribution is -2.25. The van der Waals surface area contributed by atoms with Gasteiger partial charge in [-0.05, 0) is 38.2 Å². The normalized spacial score (nSPS) is 20.7.